The summed E-state index contributed by atoms with van der Waals surface area (Å²) in [6, 6.07) is 31.8. The molecule has 6 atom stereocenters. The number of imide groups is 1. The number of hydrogen-bond donors (Lipinski definition) is 1. The van der Waals surface area contributed by atoms with Gasteiger partial charge in [-0.1, -0.05) is 91.0 Å². The van der Waals surface area contributed by atoms with E-state index in [1.54, 1.807) is 59.8 Å². The van der Waals surface area contributed by atoms with E-state index >= 15 is 14.4 Å². The largest absolute Gasteiger partial charge is 0.491 e. The normalized spacial score (nSPS) is 24.4. The number of rotatable bonds is 11. The molecule has 318 valence electrons. The van der Waals surface area contributed by atoms with Crippen molar-refractivity contribution in [3.05, 3.63) is 150 Å². The molecule has 3 saturated heterocycles. The molecule has 9 rings (SSSR count). The zero-order valence-electron chi connectivity index (χ0n) is 34.1. The highest BCUT2D eigenvalue weighted by atomic mass is 16.6. The van der Waals surface area contributed by atoms with Crippen LogP contribution in [-0.2, 0) is 34.0 Å². The lowest BCUT2D eigenvalue weighted by Crippen LogP contribution is -2.59. The Balaban J connectivity index is 1.27. The van der Waals surface area contributed by atoms with Gasteiger partial charge in [0.15, 0.2) is 0 Å². The first-order valence-electron chi connectivity index (χ1n) is 20.7. The fourth-order valence-corrected chi connectivity index (χ4v) is 9.79. The quantitative estimate of drug-likeness (QED) is 0.145. The summed E-state index contributed by atoms with van der Waals surface area (Å²) in [5.41, 5.74) is 0.877. The first-order valence-corrected chi connectivity index (χ1v) is 20.7. The number of aromatic nitrogens is 2. The third-order valence-electron chi connectivity index (χ3n) is 12.3. The van der Waals surface area contributed by atoms with Gasteiger partial charge in [-0.15, -0.1) is 0 Å². The zero-order valence-corrected chi connectivity index (χ0v) is 34.1. The maximum atomic E-state index is 16.1. The molecule has 4 aromatic carbocycles. The molecule has 5 heterocycles. The molecule has 1 spiro atoms. The van der Waals surface area contributed by atoms with Crippen LogP contribution in [-0.4, -0.2) is 115 Å². The summed E-state index contributed by atoms with van der Waals surface area (Å²) in [7, 11) is 1.48. The molecule has 3 amide bonds. The number of nitrogens with zero attached hydrogens (tertiary/aromatic N) is 6. The van der Waals surface area contributed by atoms with Gasteiger partial charge in [-0.05, 0) is 46.5 Å². The van der Waals surface area contributed by atoms with E-state index in [4.69, 9.17) is 18.9 Å². The van der Waals surface area contributed by atoms with Crippen LogP contribution in [0.1, 0.15) is 40.4 Å². The zero-order chi connectivity index (χ0) is 42.8. The number of carbonyl (C=O) groups is 4. The minimum atomic E-state index is -1.89. The standard InChI is InChI=1S/C47H46N6O9/c1-59-29-30-61-46(58)52-36-16-9-8-15-35(36)47(44(52)57)37(42(55)50-23-25-51(26-24-50)45-48-21-10-22-49-45)39-43(56)62-40(32-13-6-3-7-14-32)38(31-11-4-2-5-12-31)53(39)41(47)33-17-19-34(20-18-33)60-28-27-54/h2-22,37-41,54H,23-30H2,1H3/t37-,38-,39-,40+,41+,47-/m1/s1. The number of ether oxygens (including phenoxy) is 4. The lowest BCUT2D eigenvalue weighted by Gasteiger charge is -2.46. The second-order valence-corrected chi connectivity index (χ2v) is 15.5. The molecule has 4 aliphatic heterocycles. The van der Waals surface area contributed by atoms with Crippen LogP contribution in [0.25, 0.3) is 0 Å². The van der Waals surface area contributed by atoms with E-state index in [1.807, 2.05) is 82.6 Å². The molecule has 0 aliphatic carbocycles. The molecule has 3 fully saturated rings. The van der Waals surface area contributed by atoms with Gasteiger partial charge in [-0.3, -0.25) is 19.3 Å². The summed E-state index contributed by atoms with van der Waals surface area (Å²) < 4.78 is 23.1. The highest BCUT2D eigenvalue weighted by Crippen LogP contribution is 2.66. The number of amides is 3. The molecule has 1 aromatic heterocycles. The van der Waals surface area contributed by atoms with E-state index in [1.165, 1.54) is 7.11 Å². The number of aliphatic hydroxyl groups excluding tert-OH is 1. The molecule has 0 saturated carbocycles. The van der Waals surface area contributed by atoms with E-state index in [9.17, 15) is 9.90 Å². The molecule has 0 bridgehead atoms. The third kappa shape index (κ3) is 6.91. The van der Waals surface area contributed by atoms with Gasteiger partial charge < -0.3 is 33.9 Å². The molecule has 0 radical (unpaired) electrons. The van der Waals surface area contributed by atoms with Crippen LogP contribution in [0, 0.1) is 5.92 Å². The number of aliphatic hydroxyl groups is 1. The Bertz CT molecular complexity index is 2400. The second kappa shape index (κ2) is 17.4. The number of carbonyl (C=O) groups excluding carboxylic acids is 4. The Morgan fingerprint density at radius 2 is 1.42 bits per heavy atom. The molecule has 4 aliphatic rings. The highest BCUT2D eigenvalue weighted by molar-refractivity contribution is 6.23. The van der Waals surface area contributed by atoms with E-state index in [0.29, 0.717) is 35.9 Å². The first-order chi connectivity index (χ1) is 30.4. The predicted octanol–water partition coefficient (Wildman–Crippen LogP) is 4.65. The molecule has 15 heteroatoms. The summed E-state index contributed by atoms with van der Waals surface area (Å²) in [4.78, 5) is 77.0. The van der Waals surface area contributed by atoms with Crippen molar-refractivity contribution in [3.63, 3.8) is 0 Å². The Kier molecular flexibility index (Phi) is 11.4. The van der Waals surface area contributed by atoms with E-state index < -0.39 is 59.4 Å². The van der Waals surface area contributed by atoms with Crippen molar-refractivity contribution in [3.8, 4) is 5.75 Å². The number of anilines is 2. The SMILES string of the molecule is COCCOC(=O)N1C(=O)[C@@]2(c3ccccc31)[C@H](c1ccc(OCCO)cc1)N1[C@H](c3ccccc3)[C@H](c3ccccc3)OC(=O)[C@H]1[C@@H]2C(=O)N1CCN(c2ncccn2)CC1. The Morgan fingerprint density at radius 1 is 0.758 bits per heavy atom. The maximum absolute atomic E-state index is 16.1. The van der Waals surface area contributed by atoms with Crippen molar-refractivity contribution in [2.75, 3.05) is 69.5 Å². The van der Waals surface area contributed by atoms with Crippen molar-refractivity contribution in [2.24, 2.45) is 5.92 Å². The predicted molar refractivity (Wildman–Crippen MR) is 225 cm³/mol. The monoisotopic (exact) mass is 838 g/mol. The highest BCUT2D eigenvalue weighted by Gasteiger charge is 2.76. The molecule has 15 nitrogen and oxygen atoms in total. The van der Waals surface area contributed by atoms with Gasteiger partial charge in [0, 0.05) is 45.7 Å². The summed E-state index contributed by atoms with van der Waals surface area (Å²) in [5.74, 6) is -2.19. The number of morpholine rings is 1. The van der Waals surface area contributed by atoms with Gasteiger partial charge in [-0.25, -0.2) is 19.7 Å². The van der Waals surface area contributed by atoms with Gasteiger partial charge in [-0.2, -0.15) is 0 Å². The maximum Gasteiger partial charge on any atom is 0.421 e. The van der Waals surface area contributed by atoms with Crippen LogP contribution in [0.4, 0.5) is 16.4 Å². The van der Waals surface area contributed by atoms with Gasteiger partial charge >= 0.3 is 12.1 Å². The Labute approximate surface area is 358 Å². The van der Waals surface area contributed by atoms with Crippen molar-refractivity contribution >= 4 is 35.5 Å². The van der Waals surface area contributed by atoms with Gasteiger partial charge in [0.1, 0.15) is 36.5 Å². The molecule has 5 aromatic rings. The average molecular weight is 839 g/mol. The van der Waals surface area contributed by atoms with Crippen molar-refractivity contribution < 1.29 is 43.2 Å². The number of para-hydroxylation sites is 1. The van der Waals surface area contributed by atoms with Crippen LogP contribution in [0.5, 0.6) is 5.75 Å². The summed E-state index contributed by atoms with van der Waals surface area (Å²) in [6.45, 7) is 1.14. The first kappa shape index (κ1) is 40.7. The topological polar surface area (TPSA) is 164 Å². The van der Waals surface area contributed by atoms with Gasteiger partial charge in [0.2, 0.25) is 17.8 Å². The van der Waals surface area contributed by atoms with E-state index in [2.05, 4.69) is 9.97 Å². The van der Waals surface area contributed by atoms with Crippen LogP contribution < -0.4 is 14.5 Å². The molecular formula is C47H46N6O9. The molecular weight excluding hydrogens is 793 g/mol. The van der Waals surface area contributed by atoms with Crippen molar-refractivity contribution in [1.82, 2.24) is 19.8 Å². The smallest absolute Gasteiger partial charge is 0.421 e. The lowest BCUT2D eigenvalue weighted by molar-refractivity contribution is -0.179. The number of piperazine rings is 1. The molecule has 1 N–H and O–H groups in total. The molecule has 0 unspecified atom stereocenters. The lowest BCUT2D eigenvalue weighted by atomic mass is 9.65. The number of methoxy groups -OCH3 is 1. The van der Waals surface area contributed by atoms with Crippen LogP contribution in [0.15, 0.2) is 128 Å². The summed E-state index contributed by atoms with van der Waals surface area (Å²) in [6.07, 6.45) is 1.54. The van der Waals surface area contributed by atoms with Crippen LogP contribution >= 0.6 is 0 Å². The van der Waals surface area contributed by atoms with Crippen LogP contribution in [0.3, 0.4) is 0 Å². The number of cyclic esters (lactones) is 1. The number of esters is 1. The minimum absolute atomic E-state index is 0.0633. The second-order valence-electron chi connectivity index (χ2n) is 15.5. The minimum Gasteiger partial charge on any atom is -0.491 e. The average Bonchev–Trinajstić information content (AvgIpc) is 3.78. The fraction of sp³-hybridized carbons (Fsp3) is 0.319. The Morgan fingerprint density at radius 3 is 2.10 bits per heavy atom. The fourth-order valence-electron chi connectivity index (χ4n) is 9.79. The number of hydrogen-bond acceptors (Lipinski definition) is 13. The van der Waals surface area contributed by atoms with Gasteiger partial charge in [0.25, 0.3) is 0 Å². The van der Waals surface area contributed by atoms with Crippen molar-refractivity contribution in [1.29, 1.82) is 0 Å². The summed E-state index contributed by atoms with van der Waals surface area (Å²) >= 11 is 0. The molecule has 62 heavy (non-hydrogen) atoms. The van der Waals surface area contributed by atoms with E-state index in [0.717, 1.165) is 16.0 Å². The Hall–Kier alpha value is -6.68. The summed E-state index contributed by atoms with van der Waals surface area (Å²) in [5, 5.41) is 9.52. The van der Waals surface area contributed by atoms with Gasteiger partial charge in [0.05, 0.1) is 36.9 Å². The third-order valence-corrected chi connectivity index (χ3v) is 12.3. The van der Waals surface area contributed by atoms with Crippen LogP contribution in [0.2, 0.25) is 0 Å². The number of fused-ring (bicyclic) bond motifs is 3. The number of benzene rings is 4. The van der Waals surface area contributed by atoms with E-state index in [-0.39, 0.29) is 45.2 Å². The van der Waals surface area contributed by atoms with Crippen molar-refractivity contribution in [2.45, 2.75) is 29.6 Å².